The van der Waals surface area contributed by atoms with Gasteiger partial charge in [0.1, 0.15) is 16.4 Å². The van der Waals surface area contributed by atoms with Gasteiger partial charge in [-0.3, -0.25) is 0 Å². The fraction of sp³-hybridized carbons (Fsp3) is 0.462. The zero-order chi connectivity index (χ0) is 15.7. The number of sulfone groups is 1. The lowest BCUT2D eigenvalue weighted by atomic mass is 10.2. The highest BCUT2D eigenvalue weighted by Gasteiger charge is 2.02. The Labute approximate surface area is 125 Å². The fourth-order valence-corrected chi connectivity index (χ4v) is 2.17. The second-order valence-corrected chi connectivity index (χ2v) is 6.85. The van der Waals surface area contributed by atoms with Gasteiger partial charge in [0.25, 0.3) is 0 Å². The highest BCUT2D eigenvalue weighted by molar-refractivity contribution is 7.90. The van der Waals surface area contributed by atoms with E-state index in [9.17, 15) is 8.42 Å². The molecular formula is C13H22N4O3S. The van der Waals surface area contributed by atoms with E-state index in [0.717, 1.165) is 11.3 Å². The molecule has 7 nitrogen and oxygen atoms in total. The van der Waals surface area contributed by atoms with Crippen LogP contribution in [0, 0.1) is 0 Å². The van der Waals surface area contributed by atoms with Crippen molar-refractivity contribution in [3.8, 4) is 0 Å². The largest absolute Gasteiger partial charge is 0.394 e. The van der Waals surface area contributed by atoms with Crippen LogP contribution in [0.3, 0.4) is 0 Å². The zero-order valence-electron chi connectivity index (χ0n) is 12.1. The highest BCUT2D eigenvalue weighted by atomic mass is 32.2. The molecule has 8 heteroatoms. The van der Waals surface area contributed by atoms with Crippen molar-refractivity contribution in [2.75, 3.05) is 37.0 Å². The van der Waals surface area contributed by atoms with Crippen molar-refractivity contribution in [3.63, 3.8) is 0 Å². The van der Waals surface area contributed by atoms with Gasteiger partial charge < -0.3 is 21.6 Å². The number of nitrogens with two attached hydrogens (primary N) is 2. The first-order valence-corrected chi connectivity index (χ1v) is 8.66. The number of anilines is 1. The number of nitrogens with one attached hydrogen (secondary N) is 1. The maximum atomic E-state index is 10.9. The van der Waals surface area contributed by atoms with E-state index in [4.69, 9.17) is 16.3 Å². The van der Waals surface area contributed by atoms with Crippen LogP contribution in [-0.2, 0) is 14.7 Å². The molecule has 0 radical (unpaired) electrons. The predicted octanol–water partition coefficient (Wildman–Crippen LogP) is 0.129. The fourth-order valence-electron chi connectivity index (χ4n) is 1.53. The summed E-state index contributed by atoms with van der Waals surface area (Å²) in [5.74, 6) is 0.323. The number of hydrogen-bond acceptors (Lipinski definition) is 6. The Morgan fingerprint density at radius 3 is 2.57 bits per heavy atom. The summed E-state index contributed by atoms with van der Waals surface area (Å²) in [6.45, 7) is 1.48. The number of rotatable bonds is 9. The van der Waals surface area contributed by atoms with Crippen molar-refractivity contribution in [1.29, 1.82) is 0 Å². The summed E-state index contributed by atoms with van der Waals surface area (Å²) in [7, 11) is -2.97. The number of benzene rings is 1. The molecule has 0 atom stereocenters. The smallest absolute Gasteiger partial charge is 0.170 e. The van der Waals surface area contributed by atoms with Crippen molar-refractivity contribution < 1.29 is 13.3 Å². The Kier molecular flexibility index (Phi) is 6.97. The number of oxime groups is 1. The van der Waals surface area contributed by atoms with Crippen molar-refractivity contribution in [2.45, 2.75) is 6.42 Å². The van der Waals surface area contributed by atoms with E-state index in [1.165, 1.54) is 6.26 Å². The van der Waals surface area contributed by atoms with Crippen LogP contribution in [0.2, 0.25) is 0 Å². The normalized spacial score (nSPS) is 12.2. The Bertz CT molecular complexity index is 555. The van der Waals surface area contributed by atoms with Gasteiger partial charge in [-0.15, -0.1) is 0 Å². The molecule has 1 aromatic rings. The van der Waals surface area contributed by atoms with E-state index in [0.29, 0.717) is 19.5 Å². The van der Waals surface area contributed by atoms with E-state index in [-0.39, 0.29) is 18.2 Å². The molecule has 0 spiro atoms. The summed E-state index contributed by atoms with van der Waals surface area (Å²) >= 11 is 0. The molecule has 0 fully saturated rings. The number of hydrogen-bond donors (Lipinski definition) is 3. The molecule has 0 aromatic heterocycles. The van der Waals surface area contributed by atoms with Crippen molar-refractivity contribution in [1.82, 2.24) is 0 Å². The standard InChI is InChI=1S/C13H22N4O3S/c1-21(18,19)10-2-9-20-17-13(15)11-3-5-12(6-4-11)16-8-7-14/h3-6,16H,2,7-10,14H2,1H3,(H2,15,17). The minimum Gasteiger partial charge on any atom is -0.394 e. The summed E-state index contributed by atoms with van der Waals surface area (Å²) in [5.41, 5.74) is 12.9. The summed E-state index contributed by atoms with van der Waals surface area (Å²) in [6.07, 6.45) is 1.57. The van der Waals surface area contributed by atoms with Gasteiger partial charge in [-0.25, -0.2) is 8.42 Å². The minimum absolute atomic E-state index is 0.0733. The third-order valence-corrected chi connectivity index (χ3v) is 3.60. The lowest BCUT2D eigenvalue weighted by Crippen LogP contribution is -2.15. The summed E-state index contributed by atoms with van der Waals surface area (Å²) < 4.78 is 21.9. The first-order chi connectivity index (χ1) is 9.92. The van der Waals surface area contributed by atoms with Crippen molar-refractivity contribution in [2.24, 2.45) is 16.6 Å². The molecule has 0 aliphatic rings. The maximum absolute atomic E-state index is 10.9. The van der Waals surface area contributed by atoms with Gasteiger partial charge in [-0.2, -0.15) is 0 Å². The molecule has 0 saturated heterocycles. The molecule has 0 saturated carbocycles. The van der Waals surface area contributed by atoms with Crippen LogP contribution in [0.15, 0.2) is 29.4 Å². The van der Waals surface area contributed by atoms with Crippen LogP contribution in [0.25, 0.3) is 0 Å². The molecule has 5 N–H and O–H groups in total. The molecule has 0 amide bonds. The van der Waals surface area contributed by atoms with E-state index in [1.54, 1.807) is 0 Å². The van der Waals surface area contributed by atoms with Crippen molar-refractivity contribution >= 4 is 21.4 Å². The van der Waals surface area contributed by atoms with Crippen LogP contribution < -0.4 is 16.8 Å². The topological polar surface area (TPSA) is 120 Å². The first-order valence-electron chi connectivity index (χ1n) is 6.60. The monoisotopic (exact) mass is 314 g/mol. The number of nitrogens with zero attached hydrogens (tertiary/aromatic N) is 1. The van der Waals surface area contributed by atoms with Crippen LogP contribution in [0.4, 0.5) is 5.69 Å². The summed E-state index contributed by atoms with van der Waals surface area (Å²) in [4.78, 5) is 5.01. The Morgan fingerprint density at radius 1 is 1.33 bits per heavy atom. The second-order valence-electron chi connectivity index (χ2n) is 4.59. The lowest BCUT2D eigenvalue weighted by Gasteiger charge is -2.06. The first kappa shape index (κ1) is 17.3. The second kappa shape index (κ2) is 8.48. The van der Waals surface area contributed by atoms with Gasteiger partial charge in [0.15, 0.2) is 5.84 Å². The van der Waals surface area contributed by atoms with Gasteiger partial charge in [-0.1, -0.05) is 5.16 Å². The SMILES string of the molecule is CS(=O)(=O)CCCON=C(N)c1ccc(NCCN)cc1. The summed E-state index contributed by atoms with van der Waals surface area (Å²) in [5, 5.41) is 6.91. The molecule has 0 aliphatic carbocycles. The molecule has 0 unspecified atom stereocenters. The van der Waals surface area contributed by atoms with E-state index >= 15 is 0 Å². The maximum Gasteiger partial charge on any atom is 0.170 e. The third-order valence-electron chi connectivity index (χ3n) is 2.57. The molecular weight excluding hydrogens is 292 g/mol. The van der Waals surface area contributed by atoms with Gasteiger partial charge in [0.2, 0.25) is 0 Å². The van der Waals surface area contributed by atoms with Gasteiger partial charge >= 0.3 is 0 Å². The van der Waals surface area contributed by atoms with E-state index in [2.05, 4.69) is 10.5 Å². The van der Waals surface area contributed by atoms with Gasteiger partial charge in [0.05, 0.1) is 5.75 Å². The van der Waals surface area contributed by atoms with Crippen LogP contribution in [-0.4, -0.2) is 46.0 Å². The Balaban J connectivity index is 2.43. The Morgan fingerprint density at radius 2 is 2.00 bits per heavy atom. The van der Waals surface area contributed by atoms with Crippen LogP contribution >= 0.6 is 0 Å². The molecule has 0 bridgehead atoms. The molecule has 0 heterocycles. The molecule has 118 valence electrons. The van der Waals surface area contributed by atoms with Crippen LogP contribution in [0.5, 0.6) is 0 Å². The third kappa shape index (κ3) is 7.52. The number of amidine groups is 1. The molecule has 1 aromatic carbocycles. The van der Waals surface area contributed by atoms with Crippen LogP contribution in [0.1, 0.15) is 12.0 Å². The van der Waals surface area contributed by atoms with E-state index < -0.39 is 9.84 Å². The van der Waals surface area contributed by atoms with Gasteiger partial charge in [-0.05, 0) is 30.7 Å². The van der Waals surface area contributed by atoms with E-state index in [1.807, 2.05) is 24.3 Å². The minimum atomic E-state index is -2.97. The quantitative estimate of drug-likeness (QED) is 0.258. The zero-order valence-corrected chi connectivity index (χ0v) is 12.9. The molecule has 0 aliphatic heterocycles. The van der Waals surface area contributed by atoms with Gasteiger partial charge in [0, 0.05) is 30.6 Å². The molecule has 1 rings (SSSR count). The van der Waals surface area contributed by atoms with Crippen molar-refractivity contribution in [3.05, 3.63) is 29.8 Å². The highest BCUT2D eigenvalue weighted by Crippen LogP contribution is 2.09. The average Bonchev–Trinajstić information content (AvgIpc) is 2.44. The predicted molar refractivity (Wildman–Crippen MR) is 85.0 cm³/mol. The lowest BCUT2D eigenvalue weighted by molar-refractivity contribution is 0.145. The molecule has 21 heavy (non-hydrogen) atoms. The Hall–Kier alpha value is -1.80. The average molecular weight is 314 g/mol. The summed E-state index contributed by atoms with van der Waals surface area (Å²) in [6, 6.07) is 7.38.